The van der Waals surface area contributed by atoms with Gasteiger partial charge >= 0.3 is 0 Å². The maximum Gasteiger partial charge on any atom is 0.169 e. The molecule has 3 heteroatoms. The van der Waals surface area contributed by atoms with E-state index in [1.807, 2.05) is 0 Å². The van der Waals surface area contributed by atoms with E-state index >= 15 is 0 Å². The standard InChI is InChI=1S/C12H21BrO2/c1-9-4-11(2,3)8-12(5-9)14-7-10(6-13)15-12/h9-10H,4-8H2,1-3H3. The Morgan fingerprint density at radius 3 is 2.60 bits per heavy atom. The smallest absolute Gasteiger partial charge is 0.169 e. The molecular weight excluding hydrogens is 256 g/mol. The molecular formula is C12H21BrO2. The molecule has 1 spiro atoms. The summed E-state index contributed by atoms with van der Waals surface area (Å²) in [6, 6.07) is 0. The van der Waals surface area contributed by atoms with Crippen LogP contribution in [0.4, 0.5) is 0 Å². The minimum atomic E-state index is -0.278. The van der Waals surface area contributed by atoms with Gasteiger partial charge in [0.1, 0.15) is 0 Å². The molecule has 3 atom stereocenters. The van der Waals surface area contributed by atoms with Gasteiger partial charge in [0.25, 0.3) is 0 Å². The van der Waals surface area contributed by atoms with Crippen LogP contribution in [0.5, 0.6) is 0 Å². The van der Waals surface area contributed by atoms with Crippen molar-refractivity contribution in [1.29, 1.82) is 0 Å². The number of ether oxygens (including phenoxy) is 2. The SMILES string of the molecule is CC1CC(C)(C)CC2(C1)OCC(CBr)O2. The summed E-state index contributed by atoms with van der Waals surface area (Å²) in [5, 5.41) is 0.879. The molecule has 2 aliphatic rings. The van der Waals surface area contributed by atoms with E-state index in [4.69, 9.17) is 9.47 Å². The van der Waals surface area contributed by atoms with Crippen molar-refractivity contribution < 1.29 is 9.47 Å². The maximum atomic E-state index is 6.08. The molecule has 0 bridgehead atoms. The Morgan fingerprint density at radius 1 is 1.33 bits per heavy atom. The Morgan fingerprint density at radius 2 is 2.07 bits per heavy atom. The lowest BCUT2D eigenvalue weighted by molar-refractivity contribution is -0.214. The van der Waals surface area contributed by atoms with Crippen molar-refractivity contribution in [1.82, 2.24) is 0 Å². The van der Waals surface area contributed by atoms with Gasteiger partial charge in [0.2, 0.25) is 0 Å². The van der Waals surface area contributed by atoms with Crippen LogP contribution in [0.3, 0.4) is 0 Å². The van der Waals surface area contributed by atoms with E-state index in [0.717, 1.165) is 24.8 Å². The summed E-state index contributed by atoms with van der Waals surface area (Å²) in [4.78, 5) is 0. The fourth-order valence-corrected chi connectivity index (χ4v) is 3.63. The monoisotopic (exact) mass is 276 g/mol. The van der Waals surface area contributed by atoms with Gasteiger partial charge in [0, 0.05) is 18.2 Å². The van der Waals surface area contributed by atoms with Crippen LogP contribution >= 0.6 is 15.9 Å². The van der Waals surface area contributed by atoms with Gasteiger partial charge in [-0.3, -0.25) is 0 Å². The number of hydrogen-bond acceptors (Lipinski definition) is 2. The Kier molecular flexibility index (Phi) is 3.17. The molecule has 0 amide bonds. The van der Waals surface area contributed by atoms with Gasteiger partial charge in [-0.15, -0.1) is 0 Å². The third-order valence-electron chi connectivity index (χ3n) is 3.39. The van der Waals surface area contributed by atoms with Crippen LogP contribution < -0.4 is 0 Å². The van der Waals surface area contributed by atoms with Crippen LogP contribution in [0.15, 0.2) is 0 Å². The van der Waals surface area contributed by atoms with E-state index in [-0.39, 0.29) is 11.9 Å². The molecule has 3 unspecified atom stereocenters. The molecule has 0 aromatic rings. The molecule has 0 aromatic heterocycles. The van der Waals surface area contributed by atoms with Gasteiger partial charge in [-0.25, -0.2) is 0 Å². The normalized spacial score (nSPS) is 44.8. The molecule has 0 aromatic carbocycles. The number of rotatable bonds is 1. The molecule has 2 fully saturated rings. The molecule has 1 aliphatic carbocycles. The van der Waals surface area contributed by atoms with Gasteiger partial charge < -0.3 is 9.47 Å². The Labute approximate surface area is 101 Å². The third-order valence-corrected chi connectivity index (χ3v) is 4.12. The number of halogens is 1. The second-order valence-electron chi connectivity index (χ2n) is 5.97. The van der Waals surface area contributed by atoms with E-state index in [2.05, 4.69) is 36.7 Å². The van der Waals surface area contributed by atoms with E-state index < -0.39 is 0 Å². The molecule has 1 saturated heterocycles. The first kappa shape index (κ1) is 11.9. The van der Waals surface area contributed by atoms with Crippen LogP contribution in [0.1, 0.15) is 40.0 Å². The minimum Gasteiger partial charge on any atom is -0.347 e. The summed E-state index contributed by atoms with van der Waals surface area (Å²) in [5.41, 5.74) is 0.346. The zero-order valence-electron chi connectivity index (χ0n) is 9.88. The Hall–Kier alpha value is 0.400. The van der Waals surface area contributed by atoms with Crippen molar-refractivity contribution in [3.8, 4) is 0 Å². The van der Waals surface area contributed by atoms with Crippen LogP contribution in [0, 0.1) is 11.3 Å². The van der Waals surface area contributed by atoms with E-state index in [0.29, 0.717) is 11.3 Å². The summed E-state index contributed by atoms with van der Waals surface area (Å²) >= 11 is 3.46. The summed E-state index contributed by atoms with van der Waals surface area (Å²) in [7, 11) is 0. The van der Waals surface area contributed by atoms with Crippen LogP contribution in [0.25, 0.3) is 0 Å². The van der Waals surface area contributed by atoms with Crippen LogP contribution in [0.2, 0.25) is 0 Å². The fraction of sp³-hybridized carbons (Fsp3) is 1.00. The molecule has 1 aliphatic heterocycles. The quantitative estimate of drug-likeness (QED) is 0.684. The molecule has 2 nitrogen and oxygen atoms in total. The van der Waals surface area contributed by atoms with Gasteiger partial charge in [0.05, 0.1) is 12.7 Å². The largest absolute Gasteiger partial charge is 0.347 e. The highest BCUT2D eigenvalue weighted by Crippen LogP contribution is 2.48. The minimum absolute atomic E-state index is 0.242. The first-order valence-electron chi connectivity index (χ1n) is 5.82. The van der Waals surface area contributed by atoms with E-state index in [1.165, 1.54) is 6.42 Å². The van der Waals surface area contributed by atoms with Gasteiger partial charge in [-0.1, -0.05) is 36.7 Å². The summed E-state index contributed by atoms with van der Waals surface area (Å²) < 4.78 is 12.0. The summed E-state index contributed by atoms with van der Waals surface area (Å²) in [6.07, 6.45) is 3.61. The van der Waals surface area contributed by atoms with Crippen molar-refractivity contribution in [2.45, 2.75) is 51.9 Å². The first-order chi connectivity index (χ1) is 6.95. The predicted molar refractivity (Wildman–Crippen MR) is 64.1 cm³/mol. The third kappa shape index (κ3) is 2.56. The first-order valence-corrected chi connectivity index (χ1v) is 6.95. The van der Waals surface area contributed by atoms with Crippen molar-refractivity contribution in [2.24, 2.45) is 11.3 Å². The predicted octanol–water partition coefficient (Wildman–Crippen LogP) is 3.34. The van der Waals surface area contributed by atoms with Crippen LogP contribution in [-0.2, 0) is 9.47 Å². The van der Waals surface area contributed by atoms with Gasteiger partial charge in [-0.05, 0) is 17.8 Å². The number of alkyl halides is 1. The van der Waals surface area contributed by atoms with Gasteiger partial charge in [-0.2, -0.15) is 0 Å². The lowest BCUT2D eigenvalue weighted by Crippen LogP contribution is -2.43. The van der Waals surface area contributed by atoms with Gasteiger partial charge in [0.15, 0.2) is 5.79 Å². The topological polar surface area (TPSA) is 18.5 Å². The molecule has 2 rings (SSSR count). The lowest BCUT2D eigenvalue weighted by atomic mass is 9.70. The highest BCUT2D eigenvalue weighted by atomic mass is 79.9. The average molecular weight is 277 g/mol. The van der Waals surface area contributed by atoms with E-state index in [9.17, 15) is 0 Å². The van der Waals surface area contributed by atoms with Crippen LogP contribution in [-0.4, -0.2) is 23.8 Å². The second kappa shape index (κ2) is 4.01. The van der Waals surface area contributed by atoms with Crippen molar-refractivity contribution in [3.05, 3.63) is 0 Å². The fourth-order valence-electron chi connectivity index (χ4n) is 3.31. The Bertz CT molecular complexity index is 242. The molecule has 0 N–H and O–H groups in total. The second-order valence-corrected chi connectivity index (χ2v) is 6.62. The van der Waals surface area contributed by atoms with Crippen molar-refractivity contribution in [3.63, 3.8) is 0 Å². The van der Waals surface area contributed by atoms with Crippen molar-refractivity contribution in [2.75, 3.05) is 11.9 Å². The highest BCUT2D eigenvalue weighted by Gasteiger charge is 2.49. The zero-order chi connectivity index (χ0) is 11.1. The van der Waals surface area contributed by atoms with Crippen molar-refractivity contribution >= 4 is 15.9 Å². The molecule has 15 heavy (non-hydrogen) atoms. The molecule has 1 heterocycles. The Balaban J connectivity index is 2.08. The zero-order valence-corrected chi connectivity index (χ0v) is 11.5. The summed E-state index contributed by atoms with van der Waals surface area (Å²) in [5.74, 6) is 0.419. The molecule has 88 valence electrons. The number of hydrogen-bond donors (Lipinski definition) is 0. The maximum absolute atomic E-state index is 6.08. The van der Waals surface area contributed by atoms with E-state index in [1.54, 1.807) is 0 Å². The average Bonchev–Trinajstić information content (AvgIpc) is 2.44. The summed E-state index contributed by atoms with van der Waals surface area (Å²) in [6.45, 7) is 7.68. The highest BCUT2D eigenvalue weighted by molar-refractivity contribution is 9.09. The lowest BCUT2D eigenvalue weighted by Gasteiger charge is -2.44. The molecule has 1 saturated carbocycles. The molecule has 0 radical (unpaired) electrons.